The Morgan fingerprint density at radius 2 is 1.58 bits per heavy atom. The molecule has 0 radical (unpaired) electrons. The van der Waals surface area contributed by atoms with Gasteiger partial charge >= 0.3 is 0 Å². The molecule has 1 fully saturated rings. The lowest BCUT2D eigenvalue weighted by atomic mass is 9.79. The van der Waals surface area contributed by atoms with Gasteiger partial charge in [0, 0.05) is 12.1 Å². The molecule has 1 N–H and O–H groups in total. The van der Waals surface area contributed by atoms with E-state index in [9.17, 15) is 4.39 Å². The van der Waals surface area contributed by atoms with E-state index in [-0.39, 0.29) is 5.82 Å². The van der Waals surface area contributed by atoms with Crippen LogP contribution >= 0.6 is 0 Å². The summed E-state index contributed by atoms with van der Waals surface area (Å²) in [7, 11) is 0. The van der Waals surface area contributed by atoms with E-state index in [1.165, 1.54) is 31.2 Å². The average Bonchev–Trinajstić information content (AvgIpc) is 2.40. The number of halogens is 1. The highest BCUT2D eigenvalue weighted by Crippen LogP contribution is 2.30. The van der Waals surface area contributed by atoms with Gasteiger partial charge in [-0.2, -0.15) is 0 Å². The average molecular weight is 263 g/mol. The lowest BCUT2D eigenvalue weighted by Gasteiger charge is -2.33. The van der Waals surface area contributed by atoms with Crippen molar-refractivity contribution in [2.24, 2.45) is 11.8 Å². The molecule has 0 heterocycles. The van der Waals surface area contributed by atoms with E-state index in [0.717, 1.165) is 11.8 Å². The fraction of sp³-hybridized carbons (Fsp3) is 0.647. The lowest BCUT2D eigenvalue weighted by Crippen LogP contribution is -2.35. The minimum absolute atomic E-state index is 0.159. The molecule has 1 aromatic carbocycles. The van der Waals surface area contributed by atoms with Crippen LogP contribution < -0.4 is 5.32 Å². The van der Waals surface area contributed by atoms with Gasteiger partial charge < -0.3 is 5.32 Å². The van der Waals surface area contributed by atoms with Gasteiger partial charge in [0.25, 0.3) is 0 Å². The predicted octanol–water partition coefficient (Wildman–Crippen LogP) is 4.69. The second-order valence-electron chi connectivity index (χ2n) is 6.30. The van der Waals surface area contributed by atoms with Crippen LogP contribution in [0.2, 0.25) is 0 Å². The van der Waals surface area contributed by atoms with Gasteiger partial charge in [0.2, 0.25) is 0 Å². The molecule has 0 aliphatic heterocycles. The molecule has 19 heavy (non-hydrogen) atoms. The van der Waals surface area contributed by atoms with Gasteiger partial charge in [-0.3, -0.25) is 0 Å². The number of hydrogen-bond donors (Lipinski definition) is 1. The first-order valence-electron chi connectivity index (χ1n) is 7.57. The second kappa shape index (κ2) is 6.51. The Balaban J connectivity index is 1.83. The zero-order chi connectivity index (χ0) is 13.8. The molecule has 0 saturated heterocycles. The van der Waals surface area contributed by atoms with Crippen molar-refractivity contribution in [1.29, 1.82) is 0 Å². The molecule has 1 nitrogen and oxygen atoms in total. The molecule has 0 amide bonds. The van der Waals surface area contributed by atoms with E-state index < -0.39 is 0 Å². The number of nitrogens with one attached hydrogen (secondary N) is 1. The minimum atomic E-state index is -0.159. The normalized spacial score (nSPS) is 25.5. The van der Waals surface area contributed by atoms with Crippen molar-refractivity contribution >= 4 is 0 Å². The molecule has 0 unspecified atom stereocenters. The summed E-state index contributed by atoms with van der Waals surface area (Å²) in [6, 6.07) is 7.78. The van der Waals surface area contributed by atoms with Crippen molar-refractivity contribution in [2.45, 2.75) is 58.5 Å². The Hall–Kier alpha value is -0.890. The third kappa shape index (κ3) is 4.04. The van der Waals surface area contributed by atoms with Crippen LogP contribution in [0.25, 0.3) is 0 Å². The summed E-state index contributed by atoms with van der Waals surface area (Å²) in [6.45, 7) is 6.83. The minimum Gasteiger partial charge on any atom is -0.307 e. The van der Waals surface area contributed by atoms with Gasteiger partial charge in [-0.25, -0.2) is 4.39 Å². The van der Waals surface area contributed by atoms with E-state index in [1.54, 1.807) is 12.1 Å². The molecule has 1 saturated carbocycles. The molecule has 106 valence electrons. The van der Waals surface area contributed by atoms with Crippen LogP contribution in [0, 0.1) is 17.7 Å². The smallest absolute Gasteiger partial charge is 0.123 e. The zero-order valence-corrected chi connectivity index (χ0v) is 12.3. The Labute approximate surface area is 116 Å². The molecule has 2 heteroatoms. The summed E-state index contributed by atoms with van der Waals surface area (Å²) in [5, 5.41) is 3.69. The van der Waals surface area contributed by atoms with Crippen LogP contribution in [-0.2, 0) is 0 Å². The maximum atomic E-state index is 12.9. The predicted molar refractivity (Wildman–Crippen MR) is 78.5 cm³/mol. The maximum absolute atomic E-state index is 12.9. The van der Waals surface area contributed by atoms with Crippen molar-refractivity contribution in [3.8, 4) is 0 Å². The first-order valence-corrected chi connectivity index (χ1v) is 7.57. The molecule has 1 atom stereocenters. The molecular weight excluding hydrogens is 237 g/mol. The molecule has 1 aliphatic rings. The van der Waals surface area contributed by atoms with Crippen LogP contribution in [0.3, 0.4) is 0 Å². The lowest BCUT2D eigenvalue weighted by molar-refractivity contribution is 0.231. The van der Waals surface area contributed by atoms with Crippen LogP contribution in [0.15, 0.2) is 24.3 Å². The van der Waals surface area contributed by atoms with E-state index in [4.69, 9.17) is 0 Å². The highest BCUT2D eigenvalue weighted by Gasteiger charge is 2.24. The monoisotopic (exact) mass is 263 g/mol. The largest absolute Gasteiger partial charge is 0.307 e. The van der Waals surface area contributed by atoms with Crippen LogP contribution in [0.5, 0.6) is 0 Å². The summed E-state index contributed by atoms with van der Waals surface area (Å²) in [6.07, 6.45) is 5.22. The molecular formula is C17H26FN. The third-order valence-electron chi connectivity index (χ3n) is 4.57. The highest BCUT2D eigenvalue weighted by molar-refractivity contribution is 5.19. The second-order valence-corrected chi connectivity index (χ2v) is 6.30. The fourth-order valence-electron chi connectivity index (χ4n) is 3.15. The van der Waals surface area contributed by atoms with Crippen LogP contribution in [0.4, 0.5) is 4.39 Å². The van der Waals surface area contributed by atoms with E-state index in [2.05, 4.69) is 26.1 Å². The molecule has 0 aromatic heterocycles. The Bertz CT molecular complexity index is 377. The van der Waals surface area contributed by atoms with E-state index in [1.807, 2.05) is 12.1 Å². The Morgan fingerprint density at radius 3 is 2.11 bits per heavy atom. The highest BCUT2D eigenvalue weighted by atomic mass is 19.1. The number of hydrogen-bond acceptors (Lipinski definition) is 1. The quantitative estimate of drug-likeness (QED) is 0.831. The van der Waals surface area contributed by atoms with Crippen LogP contribution in [0.1, 0.15) is 58.1 Å². The topological polar surface area (TPSA) is 12.0 Å². The van der Waals surface area contributed by atoms with Gasteiger partial charge in [-0.1, -0.05) is 26.0 Å². The van der Waals surface area contributed by atoms with Gasteiger partial charge in [0.05, 0.1) is 0 Å². The molecule has 1 aromatic rings. The summed E-state index contributed by atoms with van der Waals surface area (Å²) < 4.78 is 12.9. The van der Waals surface area contributed by atoms with Crippen molar-refractivity contribution in [2.75, 3.05) is 0 Å². The number of rotatable bonds is 4. The van der Waals surface area contributed by atoms with Crippen molar-refractivity contribution in [3.05, 3.63) is 35.6 Å². The van der Waals surface area contributed by atoms with E-state index >= 15 is 0 Å². The summed E-state index contributed by atoms with van der Waals surface area (Å²) in [4.78, 5) is 0. The fourth-order valence-corrected chi connectivity index (χ4v) is 3.15. The molecule has 0 bridgehead atoms. The van der Waals surface area contributed by atoms with Gasteiger partial charge in [0.1, 0.15) is 5.82 Å². The van der Waals surface area contributed by atoms with Crippen molar-refractivity contribution in [3.63, 3.8) is 0 Å². The Morgan fingerprint density at radius 1 is 1.00 bits per heavy atom. The summed E-state index contributed by atoms with van der Waals surface area (Å²) in [5.74, 6) is 1.56. The van der Waals surface area contributed by atoms with Crippen LogP contribution in [-0.4, -0.2) is 6.04 Å². The first kappa shape index (κ1) is 14.5. The van der Waals surface area contributed by atoms with Gasteiger partial charge in [-0.15, -0.1) is 0 Å². The van der Waals surface area contributed by atoms with E-state index in [0.29, 0.717) is 12.1 Å². The standard InChI is InChI=1S/C17H26FN/c1-12(2)14-6-10-17(11-7-14)19-13(3)15-4-8-16(18)9-5-15/h4-5,8-9,12-14,17,19H,6-7,10-11H2,1-3H3/t13-,14?,17?/m1/s1. The van der Waals surface area contributed by atoms with Gasteiger partial charge in [0.15, 0.2) is 0 Å². The third-order valence-corrected chi connectivity index (χ3v) is 4.57. The summed E-state index contributed by atoms with van der Waals surface area (Å²) >= 11 is 0. The maximum Gasteiger partial charge on any atom is 0.123 e. The first-order chi connectivity index (χ1) is 9.06. The SMILES string of the molecule is CC(C)C1CCC(N[C@H](C)c2ccc(F)cc2)CC1. The van der Waals surface area contributed by atoms with Crippen molar-refractivity contribution < 1.29 is 4.39 Å². The zero-order valence-electron chi connectivity index (χ0n) is 12.3. The number of benzene rings is 1. The molecule has 1 aliphatic carbocycles. The Kier molecular flexibility index (Phi) is 4.98. The van der Waals surface area contributed by atoms with Gasteiger partial charge in [-0.05, 0) is 62.1 Å². The van der Waals surface area contributed by atoms with Crippen molar-refractivity contribution in [1.82, 2.24) is 5.32 Å². The molecule has 0 spiro atoms. The summed E-state index contributed by atoms with van der Waals surface area (Å²) in [5.41, 5.74) is 1.17. The molecule has 2 rings (SSSR count).